The summed E-state index contributed by atoms with van der Waals surface area (Å²) in [5.41, 5.74) is 1.05. The van der Waals surface area contributed by atoms with Crippen molar-refractivity contribution in [1.29, 1.82) is 0 Å². The predicted octanol–water partition coefficient (Wildman–Crippen LogP) is 2.48. The van der Waals surface area contributed by atoms with Gasteiger partial charge in [-0.1, -0.05) is 19.1 Å². The summed E-state index contributed by atoms with van der Waals surface area (Å²) in [7, 11) is 0. The molecule has 1 aromatic rings. The highest BCUT2D eigenvalue weighted by Gasteiger charge is 2.28. The second kappa shape index (κ2) is 7.20. The van der Waals surface area contributed by atoms with Crippen LogP contribution in [0.2, 0.25) is 0 Å². The van der Waals surface area contributed by atoms with Gasteiger partial charge in [-0.2, -0.15) is 0 Å². The number of amides is 2. The Bertz CT molecular complexity index is 583. The molecule has 1 N–H and O–H groups in total. The molecule has 1 unspecified atom stereocenters. The number of rotatable bonds is 4. The van der Waals surface area contributed by atoms with Crippen molar-refractivity contribution in [2.75, 3.05) is 18.4 Å². The summed E-state index contributed by atoms with van der Waals surface area (Å²) in [5.74, 6) is -0.337. The Hall–Kier alpha value is -2.17. The number of anilines is 1. The second-order valence-electron chi connectivity index (χ2n) is 5.62. The number of ketones is 1. The molecule has 2 amide bonds. The molecule has 1 heterocycles. The van der Waals surface area contributed by atoms with E-state index in [0.29, 0.717) is 24.2 Å². The van der Waals surface area contributed by atoms with Crippen LogP contribution in [0, 0.1) is 5.92 Å². The molecule has 1 saturated heterocycles. The van der Waals surface area contributed by atoms with Crippen LogP contribution in [0.25, 0.3) is 0 Å². The minimum atomic E-state index is -0.218. The SMILES string of the molecule is CCC(=O)N1CCCC(C(=O)Nc2ccccc2C(C)=O)C1. The lowest BCUT2D eigenvalue weighted by atomic mass is 9.96. The van der Waals surface area contributed by atoms with Crippen molar-refractivity contribution in [3.8, 4) is 0 Å². The van der Waals surface area contributed by atoms with E-state index < -0.39 is 0 Å². The van der Waals surface area contributed by atoms with Gasteiger partial charge >= 0.3 is 0 Å². The third-order valence-corrected chi connectivity index (χ3v) is 4.01. The van der Waals surface area contributed by atoms with Crippen LogP contribution in [-0.2, 0) is 9.59 Å². The molecule has 5 nitrogen and oxygen atoms in total. The second-order valence-corrected chi connectivity index (χ2v) is 5.62. The lowest BCUT2D eigenvalue weighted by Crippen LogP contribution is -2.43. The van der Waals surface area contributed by atoms with Gasteiger partial charge in [-0.15, -0.1) is 0 Å². The number of hydrogen-bond acceptors (Lipinski definition) is 3. The summed E-state index contributed by atoms with van der Waals surface area (Å²) < 4.78 is 0. The molecule has 0 saturated carbocycles. The number of benzene rings is 1. The molecular formula is C17H22N2O3. The van der Waals surface area contributed by atoms with Gasteiger partial charge in [-0.05, 0) is 31.9 Å². The van der Waals surface area contributed by atoms with E-state index in [2.05, 4.69) is 5.32 Å². The third-order valence-electron chi connectivity index (χ3n) is 4.01. The monoisotopic (exact) mass is 302 g/mol. The quantitative estimate of drug-likeness (QED) is 0.869. The van der Waals surface area contributed by atoms with E-state index >= 15 is 0 Å². The van der Waals surface area contributed by atoms with E-state index in [-0.39, 0.29) is 23.5 Å². The summed E-state index contributed by atoms with van der Waals surface area (Å²) in [6.07, 6.45) is 2.06. The van der Waals surface area contributed by atoms with E-state index in [1.165, 1.54) is 6.92 Å². The summed E-state index contributed by atoms with van der Waals surface area (Å²) >= 11 is 0. The maximum atomic E-state index is 12.4. The molecule has 2 rings (SSSR count). The van der Waals surface area contributed by atoms with Crippen molar-refractivity contribution in [3.05, 3.63) is 29.8 Å². The highest BCUT2D eigenvalue weighted by atomic mass is 16.2. The molecule has 5 heteroatoms. The highest BCUT2D eigenvalue weighted by molar-refractivity contribution is 6.04. The fourth-order valence-corrected chi connectivity index (χ4v) is 2.78. The Balaban J connectivity index is 2.06. The Morgan fingerprint density at radius 1 is 1.27 bits per heavy atom. The number of carbonyl (C=O) groups is 3. The molecule has 1 atom stereocenters. The van der Waals surface area contributed by atoms with Gasteiger partial charge < -0.3 is 10.2 Å². The van der Waals surface area contributed by atoms with Crippen LogP contribution in [-0.4, -0.2) is 35.6 Å². The van der Waals surface area contributed by atoms with Crippen LogP contribution in [0.1, 0.15) is 43.5 Å². The van der Waals surface area contributed by atoms with E-state index in [0.717, 1.165) is 19.4 Å². The number of Topliss-reactive ketones (excluding diaryl/α,β-unsaturated/α-hetero) is 1. The summed E-state index contributed by atoms with van der Waals surface area (Å²) in [5, 5.41) is 2.84. The molecule has 1 aliphatic rings. The van der Waals surface area contributed by atoms with Crippen molar-refractivity contribution < 1.29 is 14.4 Å². The first-order chi connectivity index (χ1) is 10.5. The zero-order valence-corrected chi connectivity index (χ0v) is 13.1. The number of nitrogens with one attached hydrogen (secondary N) is 1. The number of likely N-dealkylation sites (tertiary alicyclic amines) is 1. The fraction of sp³-hybridized carbons (Fsp3) is 0.471. The largest absolute Gasteiger partial charge is 0.342 e. The first kappa shape index (κ1) is 16.2. The first-order valence-corrected chi connectivity index (χ1v) is 7.71. The Morgan fingerprint density at radius 3 is 2.68 bits per heavy atom. The van der Waals surface area contributed by atoms with Crippen molar-refractivity contribution in [1.82, 2.24) is 4.90 Å². The Kier molecular flexibility index (Phi) is 5.31. The zero-order valence-electron chi connectivity index (χ0n) is 13.1. The van der Waals surface area contributed by atoms with Crippen LogP contribution >= 0.6 is 0 Å². The van der Waals surface area contributed by atoms with Gasteiger partial charge in [0, 0.05) is 25.1 Å². The maximum absolute atomic E-state index is 12.4. The summed E-state index contributed by atoms with van der Waals surface area (Å²) in [4.78, 5) is 37.6. The van der Waals surface area contributed by atoms with Crippen LogP contribution in [0.5, 0.6) is 0 Å². The van der Waals surface area contributed by atoms with Gasteiger partial charge in [0.15, 0.2) is 5.78 Å². The number of nitrogens with zero attached hydrogens (tertiary/aromatic N) is 1. The van der Waals surface area contributed by atoms with Crippen LogP contribution in [0.15, 0.2) is 24.3 Å². The van der Waals surface area contributed by atoms with Gasteiger partial charge in [0.1, 0.15) is 0 Å². The average molecular weight is 302 g/mol. The van der Waals surface area contributed by atoms with E-state index in [1.807, 2.05) is 6.92 Å². The summed E-state index contributed by atoms with van der Waals surface area (Å²) in [6, 6.07) is 6.99. The lowest BCUT2D eigenvalue weighted by molar-refractivity contribution is -0.134. The molecule has 1 fully saturated rings. The Labute approximate surface area is 130 Å². The number of carbonyl (C=O) groups excluding carboxylic acids is 3. The standard InChI is InChI=1S/C17H22N2O3/c1-3-16(21)19-10-6-7-13(11-19)17(22)18-15-9-5-4-8-14(15)12(2)20/h4-5,8-9,13H,3,6-7,10-11H2,1-2H3,(H,18,22). The Morgan fingerprint density at radius 2 is 2.00 bits per heavy atom. The topological polar surface area (TPSA) is 66.5 Å². The number of piperidine rings is 1. The fourth-order valence-electron chi connectivity index (χ4n) is 2.78. The minimum absolute atomic E-state index is 0.0812. The van der Waals surface area contributed by atoms with Crippen molar-refractivity contribution in [2.24, 2.45) is 5.92 Å². The molecule has 0 radical (unpaired) electrons. The van der Waals surface area contributed by atoms with Crippen molar-refractivity contribution in [2.45, 2.75) is 33.1 Å². The third kappa shape index (κ3) is 3.72. The van der Waals surface area contributed by atoms with Crippen LogP contribution in [0.4, 0.5) is 5.69 Å². The molecule has 1 aliphatic heterocycles. The molecular weight excluding hydrogens is 280 g/mol. The van der Waals surface area contributed by atoms with Gasteiger partial charge in [-0.3, -0.25) is 14.4 Å². The van der Waals surface area contributed by atoms with Gasteiger partial charge in [0.2, 0.25) is 11.8 Å². The molecule has 0 bridgehead atoms. The van der Waals surface area contributed by atoms with Gasteiger partial charge in [0.25, 0.3) is 0 Å². The van der Waals surface area contributed by atoms with E-state index in [1.54, 1.807) is 29.2 Å². The predicted molar refractivity (Wildman–Crippen MR) is 84.7 cm³/mol. The lowest BCUT2D eigenvalue weighted by Gasteiger charge is -2.32. The molecule has 0 aliphatic carbocycles. The molecule has 1 aromatic carbocycles. The van der Waals surface area contributed by atoms with Crippen molar-refractivity contribution in [3.63, 3.8) is 0 Å². The smallest absolute Gasteiger partial charge is 0.229 e. The van der Waals surface area contributed by atoms with Gasteiger partial charge in [0.05, 0.1) is 11.6 Å². The molecule has 0 aromatic heterocycles. The summed E-state index contributed by atoms with van der Waals surface area (Å²) in [6.45, 7) is 4.49. The molecule has 118 valence electrons. The first-order valence-electron chi connectivity index (χ1n) is 7.71. The molecule has 22 heavy (non-hydrogen) atoms. The van der Waals surface area contributed by atoms with E-state index in [9.17, 15) is 14.4 Å². The molecule has 0 spiro atoms. The normalized spacial score (nSPS) is 17.9. The maximum Gasteiger partial charge on any atom is 0.229 e. The van der Waals surface area contributed by atoms with Gasteiger partial charge in [-0.25, -0.2) is 0 Å². The number of hydrogen-bond donors (Lipinski definition) is 1. The number of para-hydroxylation sites is 1. The van der Waals surface area contributed by atoms with Crippen LogP contribution < -0.4 is 5.32 Å². The van der Waals surface area contributed by atoms with Crippen molar-refractivity contribution >= 4 is 23.3 Å². The highest BCUT2D eigenvalue weighted by Crippen LogP contribution is 2.21. The zero-order chi connectivity index (χ0) is 16.1. The van der Waals surface area contributed by atoms with E-state index in [4.69, 9.17) is 0 Å². The average Bonchev–Trinajstić information content (AvgIpc) is 2.54. The van der Waals surface area contributed by atoms with Crippen LogP contribution in [0.3, 0.4) is 0 Å². The minimum Gasteiger partial charge on any atom is -0.342 e.